The Kier molecular flexibility index (Phi) is 2.95. The molecule has 0 aliphatic carbocycles. The van der Waals surface area contributed by atoms with Gasteiger partial charge in [0.25, 0.3) is 10.9 Å². The van der Waals surface area contributed by atoms with Crippen molar-refractivity contribution in [2.45, 2.75) is 0 Å². The lowest BCUT2D eigenvalue weighted by atomic mass is 10.1. The Morgan fingerprint density at radius 3 is 2.65 bits per heavy atom. The molecule has 0 fully saturated rings. The lowest BCUT2D eigenvalue weighted by Crippen LogP contribution is -1.95. The van der Waals surface area contributed by atoms with Crippen molar-refractivity contribution in [1.82, 2.24) is 4.98 Å². The second-order valence-electron chi connectivity index (χ2n) is 3.22. The summed E-state index contributed by atoms with van der Waals surface area (Å²) < 4.78 is 0. The lowest BCUT2D eigenvalue weighted by molar-refractivity contribution is -0.384. The van der Waals surface area contributed by atoms with E-state index in [2.05, 4.69) is 4.98 Å². The molecule has 2 rings (SSSR count). The second kappa shape index (κ2) is 4.27. The zero-order chi connectivity index (χ0) is 12.6. The number of hydrogen-bond donors (Lipinski definition) is 0. The number of aromatic nitrogens is 1. The van der Waals surface area contributed by atoms with Crippen LogP contribution in [0.2, 0.25) is 5.15 Å². The summed E-state index contributed by atoms with van der Waals surface area (Å²) >= 11 is 11.1. The Morgan fingerprint density at radius 1 is 1.35 bits per heavy atom. The van der Waals surface area contributed by atoms with Crippen LogP contribution >= 0.6 is 23.2 Å². The molecule has 0 aliphatic heterocycles. The number of benzene rings is 1. The van der Waals surface area contributed by atoms with Crippen molar-refractivity contribution in [2.24, 2.45) is 0 Å². The number of non-ortho nitro benzene ring substituents is 1. The molecule has 2 aromatic rings. The first-order valence-electron chi connectivity index (χ1n) is 4.43. The molecule has 0 spiro atoms. The molecule has 5 nitrogen and oxygen atoms in total. The van der Waals surface area contributed by atoms with Gasteiger partial charge in [0, 0.05) is 23.1 Å². The van der Waals surface area contributed by atoms with E-state index in [1.54, 1.807) is 0 Å². The number of rotatable bonds is 2. The van der Waals surface area contributed by atoms with Gasteiger partial charge in [0.05, 0.1) is 10.4 Å². The second-order valence-corrected chi connectivity index (χ2v) is 3.96. The summed E-state index contributed by atoms with van der Waals surface area (Å²) in [5.41, 5.74) is 0.346. The van der Waals surface area contributed by atoms with Gasteiger partial charge in [0.15, 0.2) is 0 Å². The molecule has 1 aromatic carbocycles. The quantitative estimate of drug-likeness (QED) is 0.364. The molecular formula is C10H4Cl2N2O3. The van der Waals surface area contributed by atoms with Crippen molar-refractivity contribution in [3.8, 4) is 0 Å². The maximum Gasteiger partial charge on any atom is 0.270 e. The lowest BCUT2D eigenvalue weighted by Gasteiger charge is -2.02. The van der Waals surface area contributed by atoms with Gasteiger partial charge in [-0.1, -0.05) is 11.6 Å². The molecule has 1 heterocycles. The van der Waals surface area contributed by atoms with Gasteiger partial charge in [-0.05, 0) is 23.7 Å². The van der Waals surface area contributed by atoms with E-state index in [9.17, 15) is 14.9 Å². The third-order valence-electron chi connectivity index (χ3n) is 2.18. The number of nitrogens with zero attached hydrogens (tertiary/aromatic N) is 2. The molecule has 0 amide bonds. The SMILES string of the molecule is O=C(Cl)c1cc(Cl)nc2ccc([N+](=O)[O-])cc12. The topological polar surface area (TPSA) is 73.1 Å². The highest BCUT2D eigenvalue weighted by molar-refractivity contribution is 6.68. The first-order valence-corrected chi connectivity index (χ1v) is 5.19. The highest BCUT2D eigenvalue weighted by Gasteiger charge is 2.14. The van der Waals surface area contributed by atoms with E-state index in [0.29, 0.717) is 10.9 Å². The van der Waals surface area contributed by atoms with Crippen LogP contribution in [0, 0.1) is 10.1 Å². The van der Waals surface area contributed by atoms with Crippen molar-refractivity contribution in [2.75, 3.05) is 0 Å². The fraction of sp³-hybridized carbons (Fsp3) is 0. The summed E-state index contributed by atoms with van der Waals surface area (Å²) in [5.74, 6) is 0. The maximum atomic E-state index is 11.2. The highest BCUT2D eigenvalue weighted by atomic mass is 35.5. The van der Waals surface area contributed by atoms with Gasteiger partial charge in [0.1, 0.15) is 5.15 Å². The van der Waals surface area contributed by atoms with E-state index >= 15 is 0 Å². The standard InChI is InChI=1S/C10H4Cl2N2O3/c11-9-4-7(10(12)15)6-3-5(14(16)17)1-2-8(6)13-9/h1-4H. The average Bonchev–Trinajstić information content (AvgIpc) is 2.26. The minimum atomic E-state index is -0.736. The molecule has 0 unspecified atom stereocenters. The van der Waals surface area contributed by atoms with Crippen molar-refractivity contribution >= 4 is 45.0 Å². The van der Waals surface area contributed by atoms with Gasteiger partial charge in [-0.15, -0.1) is 0 Å². The van der Waals surface area contributed by atoms with Crippen LogP contribution in [0.1, 0.15) is 10.4 Å². The molecule has 1 aromatic heterocycles. The third kappa shape index (κ3) is 2.20. The number of nitro groups is 1. The van der Waals surface area contributed by atoms with Gasteiger partial charge in [-0.3, -0.25) is 14.9 Å². The predicted molar refractivity (Wildman–Crippen MR) is 63.6 cm³/mol. The molecule has 0 bridgehead atoms. The molecule has 0 radical (unpaired) electrons. The molecule has 0 aliphatic rings. The van der Waals surface area contributed by atoms with Crippen molar-refractivity contribution in [3.05, 3.63) is 45.1 Å². The van der Waals surface area contributed by atoms with Crippen LogP contribution in [0.5, 0.6) is 0 Å². The zero-order valence-corrected chi connectivity index (χ0v) is 9.70. The number of hydrogen-bond acceptors (Lipinski definition) is 4. The van der Waals surface area contributed by atoms with Gasteiger partial charge < -0.3 is 0 Å². The molecule has 86 valence electrons. The number of halogens is 2. The van der Waals surface area contributed by atoms with Crippen LogP contribution in [0.4, 0.5) is 5.69 Å². The Hall–Kier alpha value is -1.72. The fourth-order valence-corrected chi connectivity index (χ4v) is 1.81. The molecular weight excluding hydrogens is 267 g/mol. The number of nitro benzene ring substituents is 1. The summed E-state index contributed by atoms with van der Waals surface area (Å²) in [6.45, 7) is 0. The molecule has 0 saturated carbocycles. The normalized spacial score (nSPS) is 10.5. The summed E-state index contributed by atoms with van der Waals surface area (Å²) in [7, 11) is 0. The number of carbonyl (C=O) groups excluding carboxylic acids is 1. The predicted octanol–water partition coefficient (Wildman–Crippen LogP) is 3.18. The van der Waals surface area contributed by atoms with Crippen molar-refractivity contribution in [3.63, 3.8) is 0 Å². The molecule has 0 atom stereocenters. The Bertz CT molecular complexity index is 643. The smallest absolute Gasteiger partial charge is 0.270 e. The van der Waals surface area contributed by atoms with Gasteiger partial charge in [-0.25, -0.2) is 4.98 Å². The van der Waals surface area contributed by atoms with E-state index in [1.165, 1.54) is 24.3 Å². The van der Waals surface area contributed by atoms with Crippen LogP contribution in [0.15, 0.2) is 24.3 Å². The molecule has 0 saturated heterocycles. The maximum absolute atomic E-state index is 11.2. The Balaban J connectivity index is 2.82. The van der Waals surface area contributed by atoms with Gasteiger partial charge >= 0.3 is 0 Å². The largest absolute Gasteiger partial charge is 0.276 e. The first-order chi connectivity index (χ1) is 7.99. The van der Waals surface area contributed by atoms with E-state index in [0.717, 1.165) is 0 Å². The molecule has 17 heavy (non-hydrogen) atoms. The van der Waals surface area contributed by atoms with E-state index in [-0.39, 0.29) is 16.4 Å². The Labute approximate surface area is 105 Å². The monoisotopic (exact) mass is 270 g/mol. The van der Waals surface area contributed by atoms with E-state index in [4.69, 9.17) is 23.2 Å². The number of carbonyl (C=O) groups is 1. The highest BCUT2D eigenvalue weighted by Crippen LogP contribution is 2.26. The first kappa shape index (κ1) is 11.8. The van der Waals surface area contributed by atoms with Crippen molar-refractivity contribution in [1.29, 1.82) is 0 Å². The van der Waals surface area contributed by atoms with Crippen LogP contribution in [-0.4, -0.2) is 15.1 Å². The fourth-order valence-electron chi connectivity index (χ4n) is 1.46. The zero-order valence-electron chi connectivity index (χ0n) is 8.18. The summed E-state index contributed by atoms with van der Waals surface area (Å²) in [5, 5.41) is 10.3. The summed E-state index contributed by atoms with van der Waals surface area (Å²) in [6, 6.07) is 5.23. The van der Waals surface area contributed by atoms with Crippen LogP contribution < -0.4 is 0 Å². The average molecular weight is 271 g/mol. The van der Waals surface area contributed by atoms with Crippen LogP contribution in [-0.2, 0) is 0 Å². The number of pyridine rings is 1. The Morgan fingerprint density at radius 2 is 2.06 bits per heavy atom. The van der Waals surface area contributed by atoms with E-state index in [1.807, 2.05) is 0 Å². The van der Waals surface area contributed by atoms with E-state index < -0.39 is 10.2 Å². The third-order valence-corrected chi connectivity index (χ3v) is 2.58. The van der Waals surface area contributed by atoms with Crippen LogP contribution in [0.25, 0.3) is 10.9 Å². The minimum Gasteiger partial charge on any atom is -0.276 e. The molecule has 7 heteroatoms. The van der Waals surface area contributed by atoms with Gasteiger partial charge in [-0.2, -0.15) is 0 Å². The summed E-state index contributed by atoms with van der Waals surface area (Å²) in [6.07, 6.45) is 0. The van der Waals surface area contributed by atoms with Crippen molar-refractivity contribution < 1.29 is 9.72 Å². The number of fused-ring (bicyclic) bond motifs is 1. The molecule has 0 N–H and O–H groups in total. The summed E-state index contributed by atoms with van der Waals surface area (Å²) in [4.78, 5) is 25.2. The minimum absolute atomic E-state index is 0.102. The van der Waals surface area contributed by atoms with Gasteiger partial charge in [0.2, 0.25) is 0 Å². The van der Waals surface area contributed by atoms with Crippen LogP contribution in [0.3, 0.4) is 0 Å².